The van der Waals surface area contributed by atoms with Crippen LogP contribution in [0, 0.1) is 0 Å². The van der Waals surface area contributed by atoms with Gasteiger partial charge in [0.1, 0.15) is 0 Å². The molecule has 2 amide bonds. The highest BCUT2D eigenvalue weighted by Crippen LogP contribution is 2.20. The number of benzene rings is 2. The lowest BCUT2D eigenvalue weighted by Crippen LogP contribution is -2.26. The number of hydrogen-bond acceptors (Lipinski definition) is 3. The van der Waals surface area contributed by atoms with E-state index in [9.17, 15) is 9.59 Å². The quantitative estimate of drug-likeness (QED) is 0.773. The van der Waals surface area contributed by atoms with E-state index in [4.69, 9.17) is 28.3 Å². The molecule has 0 atom stereocenters. The number of amides is 2. The monoisotopic (exact) mass is 352 g/mol. The van der Waals surface area contributed by atoms with E-state index in [0.717, 1.165) is 0 Å². The van der Waals surface area contributed by atoms with Crippen LogP contribution in [-0.2, 0) is 0 Å². The third-order valence-corrected chi connectivity index (χ3v) is 3.36. The van der Waals surface area contributed by atoms with E-state index in [1.807, 2.05) is 0 Å². The molecule has 2 rings (SSSR count). The Morgan fingerprint density at radius 3 is 2.09 bits per heavy atom. The number of rotatable bonds is 5. The van der Waals surface area contributed by atoms with Crippen LogP contribution in [0.15, 0.2) is 42.5 Å². The Bertz CT molecular complexity index is 698. The minimum absolute atomic E-state index is 0.123. The molecular formula is C16H14Cl2N2O3. The van der Waals surface area contributed by atoms with Gasteiger partial charge in [0.2, 0.25) is 0 Å². The van der Waals surface area contributed by atoms with Crippen LogP contribution in [0.5, 0.6) is 0 Å². The zero-order valence-corrected chi connectivity index (χ0v) is 13.5. The van der Waals surface area contributed by atoms with Crippen LogP contribution in [0.4, 0.5) is 5.69 Å². The Morgan fingerprint density at radius 2 is 1.52 bits per heavy atom. The molecule has 0 fully saturated rings. The summed E-state index contributed by atoms with van der Waals surface area (Å²) in [6.07, 6.45) is 0. The maximum Gasteiger partial charge on any atom is 0.255 e. The van der Waals surface area contributed by atoms with E-state index in [1.54, 1.807) is 30.3 Å². The largest absolute Gasteiger partial charge is 0.395 e. The van der Waals surface area contributed by atoms with Crippen LogP contribution >= 0.6 is 23.2 Å². The van der Waals surface area contributed by atoms with Gasteiger partial charge in [0, 0.05) is 33.4 Å². The summed E-state index contributed by atoms with van der Waals surface area (Å²) in [5.74, 6) is -0.648. The number of carbonyl (C=O) groups excluding carboxylic acids is 2. The number of nitrogens with one attached hydrogen (secondary N) is 2. The zero-order chi connectivity index (χ0) is 16.8. The maximum absolute atomic E-state index is 12.1. The smallest absolute Gasteiger partial charge is 0.255 e. The number of aliphatic hydroxyl groups excluding tert-OH is 1. The van der Waals surface area contributed by atoms with Crippen molar-refractivity contribution in [2.45, 2.75) is 0 Å². The summed E-state index contributed by atoms with van der Waals surface area (Å²) in [6, 6.07) is 10.9. The number of hydrogen-bond donors (Lipinski definition) is 3. The molecule has 0 aliphatic rings. The van der Waals surface area contributed by atoms with Crippen LogP contribution in [0.1, 0.15) is 20.7 Å². The fourth-order valence-electron chi connectivity index (χ4n) is 1.86. The average molecular weight is 353 g/mol. The van der Waals surface area contributed by atoms with Crippen molar-refractivity contribution < 1.29 is 14.7 Å². The molecule has 5 nitrogen and oxygen atoms in total. The highest BCUT2D eigenvalue weighted by Gasteiger charge is 2.09. The van der Waals surface area contributed by atoms with Crippen molar-refractivity contribution in [1.29, 1.82) is 0 Å². The van der Waals surface area contributed by atoms with Gasteiger partial charge in [-0.25, -0.2) is 0 Å². The second-order valence-corrected chi connectivity index (χ2v) is 5.54. The molecule has 0 unspecified atom stereocenters. The number of halogens is 2. The van der Waals surface area contributed by atoms with Crippen LogP contribution < -0.4 is 10.6 Å². The lowest BCUT2D eigenvalue weighted by atomic mass is 10.1. The Morgan fingerprint density at radius 1 is 0.913 bits per heavy atom. The summed E-state index contributed by atoms with van der Waals surface area (Å²) in [7, 11) is 0. The number of aliphatic hydroxyl groups is 1. The minimum atomic E-state index is -0.355. The summed E-state index contributed by atoms with van der Waals surface area (Å²) in [5, 5.41) is 14.7. The van der Waals surface area contributed by atoms with Crippen LogP contribution in [-0.4, -0.2) is 30.1 Å². The molecule has 7 heteroatoms. The van der Waals surface area contributed by atoms with Crippen LogP contribution in [0.3, 0.4) is 0 Å². The SMILES string of the molecule is O=C(NCCO)c1ccc(NC(=O)c2cc(Cl)cc(Cl)c2)cc1. The summed E-state index contributed by atoms with van der Waals surface area (Å²) in [6.45, 7) is 0.0644. The zero-order valence-electron chi connectivity index (χ0n) is 12.0. The van der Waals surface area contributed by atoms with E-state index in [0.29, 0.717) is 26.9 Å². The fourth-order valence-corrected chi connectivity index (χ4v) is 2.39. The van der Waals surface area contributed by atoms with Crippen molar-refractivity contribution in [3.05, 3.63) is 63.6 Å². The Balaban J connectivity index is 2.05. The van der Waals surface area contributed by atoms with Crippen molar-refractivity contribution in [1.82, 2.24) is 5.32 Å². The van der Waals surface area contributed by atoms with E-state index in [-0.39, 0.29) is 25.0 Å². The van der Waals surface area contributed by atoms with Gasteiger partial charge in [-0.1, -0.05) is 23.2 Å². The molecule has 0 spiro atoms. The molecular weight excluding hydrogens is 339 g/mol. The lowest BCUT2D eigenvalue weighted by Gasteiger charge is -2.08. The molecule has 23 heavy (non-hydrogen) atoms. The van der Waals surface area contributed by atoms with Gasteiger partial charge in [-0.2, -0.15) is 0 Å². The predicted octanol–water partition coefficient (Wildman–Crippen LogP) is 2.97. The van der Waals surface area contributed by atoms with Crippen molar-refractivity contribution >= 4 is 40.7 Å². The van der Waals surface area contributed by atoms with E-state index >= 15 is 0 Å². The third kappa shape index (κ3) is 4.96. The molecule has 2 aromatic rings. The first-order valence-electron chi connectivity index (χ1n) is 6.76. The second kappa shape index (κ2) is 7.97. The topological polar surface area (TPSA) is 78.4 Å². The molecule has 0 aromatic heterocycles. The summed E-state index contributed by atoms with van der Waals surface area (Å²) in [5.41, 5.74) is 1.30. The van der Waals surface area contributed by atoms with Gasteiger partial charge in [0.15, 0.2) is 0 Å². The highest BCUT2D eigenvalue weighted by molar-refractivity contribution is 6.35. The van der Waals surface area contributed by atoms with Gasteiger partial charge >= 0.3 is 0 Å². The molecule has 0 heterocycles. The second-order valence-electron chi connectivity index (χ2n) is 4.67. The molecule has 0 bridgehead atoms. The normalized spacial score (nSPS) is 10.2. The van der Waals surface area contributed by atoms with E-state index in [1.165, 1.54) is 12.1 Å². The summed E-state index contributed by atoms with van der Waals surface area (Å²) >= 11 is 11.7. The van der Waals surface area contributed by atoms with Crippen molar-refractivity contribution in [3.8, 4) is 0 Å². The van der Waals surface area contributed by atoms with E-state index in [2.05, 4.69) is 10.6 Å². The van der Waals surface area contributed by atoms with Crippen molar-refractivity contribution in [2.75, 3.05) is 18.5 Å². The summed E-state index contributed by atoms with van der Waals surface area (Å²) < 4.78 is 0. The van der Waals surface area contributed by atoms with Gasteiger partial charge in [0.05, 0.1) is 6.61 Å². The third-order valence-electron chi connectivity index (χ3n) is 2.93. The first kappa shape index (κ1) is 17.3. The molecule has 2 aromatic carbocycles. The Labute approximate surface area is 143 Å². The van der Waals surface area contributed by atoms with Gasteiger partial charge in [-0.15, -0.1) is 0 Å². The van der Waals surface area contributed by atoms with Gasteiger partial charge < -0.3 is 15.7 Å². The van der Waals surface area contributed by atoms with Crippen molar-refractivity contribution in [2.24, 2.45) is 0 Å². The highest BCUT2D eigenvalue weighted by atomic mass is 35.5. The molecule has 0 radical (unpaired) electrons. The first-order chi connectivity index (χ1) is 11.0. The fraction of sp³-hybridized carbons (Fsp3) is 0.125. The van der Waals surface area contributed by atoms with Crippen LogP contribution in [0.2, 0.25) is 10.0 Å². The lowest BCUT2D eigenvalue weighted by molar-refractivity contribution is 0.0944. The molecule has 0 aliphatic heterocycles. The molecule has 120 valence electrons. The predicted molar refractivity (Wildman–Crippen MR) is 90.3 cm³/mol. The average Bonchev–Trinajstić information content (AvgIpc) is 2.52. The van der Waals surface area contributed by atoms with Gasteiger partial charge in [-0.3, -0.25) is 9.59 Å². The Kier molecular flexibility index (Phi) is 5.98. The summed E-state index contributed by atoms with van der Waals surface area (Å²) in [4.78, 5) is 23.8. The van der Waals surface area contributed by atoms with Crippen molar-refractivity contribution in [3.63, 3.8) is 0 Å². The number of anilines is 1. The Hall–Kier alpha value is -2.08. The minimum Gasteiger partial charge on any atom is -0.395 e. The van der Waals surface area contributed by atoms with Gasteiger partial charge in [0.25, 0.3) is 11.8 Å². The molecule has 3 N–H and O–H groups in total. The molecule has 0 saturated heterocycles. The molecule has 0 aliphatic carbocycles. The molecule has 0 saturated carbocycles. The number of carbonyl (C=O) groups is 2. The van der Waals surface area contributed by atoms with E-state index < -0.39 is 0 Å². The standard InChI is InChI=1S/C16H14Cl2N2O3/c17-12-7-11(8-13(18)9-12)16(23)20-14-3-1-10(2-4-14)15(22)19-5-6-21/h1-4,7-9,21H,5-6H2,(H,19,22)(H,20,23). The van der Waals surface area contributed by atoms with Crippen LogP contribution in [0.25, 0.3) is 0 Å². The van der Waals surface area contributed by atoms with Gasteiger partial charge in [-0.05, 0) is 42.5 Å². The first-order valence-corrected chi connectivity index (χ1v) is 7.52. The maximum atomic E-state index is 12.1.